The molecule has 1 rings (SSSR count). The Balaban J connectivity index is 2.87. The SMILES string of the molecule is CCOCCN(C)c1ccc([N+](=O)[O-])cc1C=O. The Morgan fingerprint density at radius 1 is 1.50 bits per heavy atom. The smallest absolute Gasteiger partial charge is 0.270 e. The Morgan fingerprint density at radius 3 is 2.78 bits per heavy atom. The fraction of sp³-hybridized carbons (Fsp3) is 0.417. The molecule has 0 aromatic heterocycles. The second kappa shape index (κ2) is 6.70. The van der Waals surface area contributed by atoms with Crippen LogP contribution < -0.4 is 4.90 Å². The Morgan fingerprint density at radius 2 is 2.22 bits per heavy atom. The molecule has 0 aliphatic heterocycles. The fourth-order valence-electron chi connectivity index (χ4n) is 1.56. The van der Waals surface area contributed by atoms with Gasteiger partial charge in [0.1, 0.15) is 0 Å². The third kappa shape index (κ3) is 3.53. The van der Waals surface area contributed by atoms with Gasteiger partial charge >= 0.3 is 0 Å². The third-order valence-electron chi connectivity index (χ3n) is 2.54. The summed E-state index contributed by atoms with van der Waals surface area (Å²) >= 11 is 0. The maximum atomic E-state index is 11.0. The number of ether oxygens (including phenoxy) is 1. The van der Waals surface area contributed by atoms with Crippen molar-refractivity contribution in [3.63, 3.8) is 0 Å². The lowest BCUT2D eigenvalue weighted by Crippen LogP contribution is -2.23. The average molecular weight is 252 g/mol. The van der Waals surface area contributed by atoms with Crippen LogP contribution in [0.2, 0.25) is 0 Å². The predicted octanol–water partition coefficient (Wildman–Crippen LogP) is 1.88. The fourth-order valence-corrected chi connectivity index (χ4v) is 1.56. The van der Waals surface area contributed by atoms with Crippen LogP contribution in [-0.4, -0.2) is 38.0 Å². The largest absolute Gasteiger partial charge is 0.380 e. The van der Waals surface area contributed by atoms with Gasteiger partial charge in [0.2, 0.25) is 0 Å². The summed E-state index contributed by atoms with van der Waals surface area (Å²) in [5.74, 6) is 0. The van der Waals surface area contributed by atoms with Crippen molar-refractivity contribution in [3.05, 3.63) is 33.9 Å². The monoisotopic (exact) mass is 252 g/mol. The average Bonchev–Trinajstić information content (AvgIpc) is 2.38. The summed E-state index contributed by atoms with van der Waals surface area (Å²) in [7, 11) is 1.81. The van der Waals surface area contributed by atoms with Gasteiger partial charge in [0.15, 0.2) is 6.29 Å². The zero-order valence-electron chi connectivity index (χ0n) is 10.5. The van der Waals surface area contributed by atoms with E-state index in [1.807, 2.05) is 18.9 Å². The van der Waals surface area contributed by atoms with Crippen molar-refractivity contribution >= 4 is 17.7 Å². The van der Waals surface area contributed by atoms with Crippen LogP contribution in [0.25, 0.3) is 0 Å². The number of carbonyl (C=O) groups excluding carboxylic acids is 1. The quantitative estimate of drug-likeness (QED) is 0.320. The molecule has 0 spiro atoms. The number of likely N-dealkylation sites (N-methyl/N-ethyl adjacent to an activating group) is 1. The minimum Gasteiger partial charge on any atom is -0.380 e. The summed E-state index contributed by atoms with van der Waals surface area (Å²) in [6.45, 7) is 3.70. The van der Waals surface area contributed by atoms with Gasteiger partial charge in [0.05, 0.1) is 11.5 Å². The molecule has 0 heterocycles. The molecule has 0 fully saturated rings. The van der Waals surface area contributed by atoms with Crippen molar-refractivity contribution in [2.24, 2.45) is 0 Å². The van der Waals surface area contributed by atoms with E-state index < -0.39 is 4.92 Å². The second-order valence-corrected chi connectivity index (χ2v) is 3.74. The number of hydrogen-bond donors (Lipinski definition) is 0. The van der Waals surface area contributed by atoms with Gasteiger partial charge in [-0.15, -0.1) is 0 Å². The number of carbonyl (C=O) groups is 1. The topological polar surface area (TPSA) is 72.7 Å². The van der Waals surface area contributed by atoms with Crippen molar-refractivity contribution in [2.45, 2.75) is 6.92 Å². The Hall–Kier alpha value is -1.95. The van der Waals surface area contributed by atoms with E-state index in [9.17, 15) is 14.9 Å². The van der Waals surface area contributed by atoms with Gasteiger partial charge in [-0.2, -0.15) is 0 Å². The van der Waals surface area contributed by atoms with Gasteiger partial charge in [-0.1, -0.05) is 0 Å². The second-order valence-electron chi connectivity index (χ2n) is 3.74. The zero-order valence-corrected chi connectivity index (χ0v) is 10.5. The van der Waals surface area contributed by atoms with Crippen LogP contribution in [0.5, 0.6) is 0 Å². The van der Waals surface area contributed by atoms with Crippen LogP contribution in [0.4, 0.5) is 11.4 Å². The summed E-state index contributed by atoms with van der Waals surface area (Å²) in [6, 6.07) is 4.24. The molecule has 0 unspecified atom stereocenters. The van der Waals surface area contributed by atoms with Crippen LogP contribution in [0.3, 0.4) is 0 Å². The van der Waals surface area contributed by atoms with Gasteiger partial charge in [-0.05, 0) is 13.0 Å². The summed E-state index contributed by atoms with van der Waals surface area (Å²) in [4.78, 5) is 22.9. The third-order valence-corrected chi connectivity index (χ3v) is 2.54. The molecule has 0 aliphatic rings. The Labute approximate surface area is 105 Å². The van der Waals surface area contributed by atoms with Gasteiger partial charge in [0.25, 0.3) is 5.69 Å². The highest BCUT2D eigenvalue weighted by Gasteiger charge is 2.12. The van der Waals surface area contributed by atoms with E-state index in [4.69, 9.17) is 4.74 Å². The van der Waals surface area contributed by atoms with Gasteiger partial charge in [-0.3, -0.25) is 14.9 Å². The van der Waals surface area contributed by atoms with Gasteiger partial charge in [-0.25, -0.2) is 0 Å². The van der Waals surface area contributed by atoms with E-state index in [-0.39, 0.29) is 5.69 Å². The first-order chi connectivity index (χ1) is 8.60. The summed E-state index contributed by atoms with van der Waals surface area (Å²) in [5.41, 5.74) is 0.887. The molecular formula is C12H16N2O4. The highest BCUT2D eigenvalue weighted by Crippen LogP contribution is 2.23. The van der Waals surface area contributed by atoms with E-state index in [1.165, 1.54) is 12.1 Å². The maximum absolute atomic E-state index is 11.0. The lowest BCUT2D eigenvalue weighted by Gasteiger charge is -2.20. The molecular weight excluding hydrogens is 236 g/mol. The van der Waals surface area contributed by atoms with Crippen molar-refractivity contribution < 1.29 is 14.5 Å². The van der Waals surface area contributed by atoms with Crippen LogP contribution >= 0.6 is 0 Å². The molecule has 0 saturated heterocycles. The van der Waals surface area contributed by atoms with E-state index in [0.717, 1.165) is 0 Å². The molecule has 0 aliphatic carbocycles. The molecule has 0 radical (unpaired) electrons. The first-order valence-electron chi connectivity index (χ1n) is 5.62. The Kier molecular flexibility index (Phi) is 5.26. The molecule has 6 nitrogen and oxygen atoms in total. The molecule has 0 amide bonds. The summed E-state index contributed by atoms with van der Waals surface area (Å²) < 4.78 is 5.22. The van der Waals surface area contributed by atoms with Gasteiger partial charge < -0.3 is 9.64 Å². The first-order valence-corrected chi connectivity index (χ1v) is 5.62. The van der Waals surface area contributed by atoms with Crippen LogP contribution in [0, 0.1) is 10.1 Å². The minimum absolute atomic E-state index is 0.0842. The van der Waals surface area contributed by atoms with E-state index in [2.05, 4.69) is 0 Å². The predicted molar refractivity (Wildman–Crippen MR) is 68.2 cm³/mol. The number of nitro benzene ring substituents is 1. The molecule has 1 aromatic rings. The number of nitro groups is 1. The molecule has 0 atom stereocenters. The number of aldehydes is 1. The van der Waals surface area contributed by atoms with Crippen molar-refractivity contribution in [1.82, 2.24) is 0 Å². The van der Waals surface area contributed by atoms with Crippen LogP contribution in [0.15, 0.2) is 18.2 Å². The number of hydrogen-bond acceptors (Lipinski definition) is 5. The summed E-state index contributed by atoms with van der Waals surface area (Å²) in [5, 5.41) is 10.6. The maximum Gasteiger partial charge on any atom is 0.270 e. The van der Waals surface area contributed by atoms with Crippen molar-refractivity contribution in [1.29, 1.82) is 0 Å². The molecule has 18 heavy (non-hydrogen) atoms. The van der Waals surface area contributed by atoms with E-state index in [1.54, 1.807) is 6.07 Å². The molecule has 1 aromatic carbocycles. The van der Waals surface area contributed by atoms with E-state index >= 15 is 0 Å². The number of nitrogens with zero attached hydrogens (tertiary/aromatic N) is 2. The Bertz CT molecular complexity index is 434. The minimum atomic E-state index is -0.517. The van der Waals surface area contributed by atoms with Gasteiger partial charge in [0, 0.05) is 43.6 Å². The standard InChI is InChI=1S/C12H16N2O4/c1-3-18-7-6-13(2)12-5-4-11(14(16)17)8-10(12)9-15/h4-5,8-9H,3,6-7H2,1-2H3. The van der Waals surface area contributed by atoms with Crippen LogP contribution in [-0.2, 0) is 4.74 Å². The number of non-ortho nitro benzene ring substituents is 1. The lowest BCUT2D eigenvalue weighted by atomic mass is 10.1. The zero-order chi connectivity index (χ0) is 13.5. The highest BCUT2D eigenvalue weighted by molar-refractivity contribution is 5.85. The number of rotatable bonds is 7. The normalized spacial score (nSPS) is 10.1. The first kappa shape index (κ1) is 14.1. The molecule has 0 N–H and O–H groups in total. The van der Waals surface area contributed by atoms with Crippen LogP contribution in [0.1, 0.15) is 17.3 Å². The number of anilines is 1. The lowest BCUT2D eigenvalue weighted by molar-refractivity contribution is -0.384. The van der Waals surface area contributed by atoms with Crippen molar-refractivity contribution in [2.75, 3.05) is 31.7 Å². The summed E-state index contributed by atoms with van der Waals surface area (Å²) in [6.07, 6.45) is 0.625. The molecule has 6 heteroatoms. The van der Waals surface area contributed by atoms with Crippen molar-refractivity contribution in [3.8, 4) is 0 Å². The van der Waals surface area contributed by atoms with E-state index in [0.29, 0.717) is 37.3 Å². The highest BCUT2D eigenvalue weighted by atomic mass is 16.6. The molecule has 98 valence electrons. The number of benzene rings is 1. The molecule has 0 saturated carbocycles. The molecule has 0 bridgehead atoms.